The van der Waals surface area contributed by atoms with Crippen LogP contribution in [0, 0.1) is 6.92 Å². The number of H-pyrrole nitrogens is 1. The zero-order valence-electron chi connectivity index (χ0n) is 12.9. The maximum Gasteiger partial charge on any atom is 0.267 e. The lowest BCUT2D eigenvalue weighted by molar-refractivity contribution is 0.0947. The van der Waals surface area contributed by atoms with Crippen molar-refractivity contribution in [2.45, 2.75) is 19.9 Å². The van der Waals surface area contributed by atoms with E-state index in [2.05, 4.69) is 15.3 Å². The number of imidazole rings is 1. The van der Waals surface area contributed by atoms with E-state index in [1.54, 1.807) is 24.4 Å². The van der Waals surface area contributed by atoms with Crippen LogP contribution in [0.25, 0.3) is 10.8 Å². The molecule has 0 unspecified atom stereocenters. The predicted octanol–water partition coefficient (Wildman–Crippen LogP) is 1.85. The molecule has 0 saturated heterocycles. The molecule has 118 valence electrons. The summed E-state index contributed by atoms with van der Waals surface area (Å²) in [7, 11) is 0. The highest BCUT2D eigenvalue weighted by molar-refractivity contribution is 5.96. The minimum Gasteiger partial charge on any atom is -0.351 e. The molecular weight excluding hydrogens is 292 g/mol. The molecule has 2 aromatic heterocycles. The lowest BCUT2D eigenvalue weighted by Crippen LogP contribution is -2.28. The summed E-state index contributed by atoms with van der Waals surface area (Å²) in [6.45, 7) is 3.27. The number of nitrogens with zero attached hydrogens (tertiary/aromatic N) is 2. The molecule has 3 rings (SSSR count). The molecule has 0 bridgehead atoms. The third-order valence-corrected chi connectivity index (χ3v) is 3.78. The Labute approximate surface area is 133 Å². The van der Waals surface area contributed by atoms with E-state index >= 15 is 0 Å². The Kier molecular flexibility index (Phi) is 4.23. The van der Waals surface area contributed by atoms with Gasteiger partial charge in [0.25, 0.3) is 11.5 Å². The summed E-state index contributed by atoms with van der Waals surface area (Å²) in [5.41, 5.74) is 0.0369. The summed E-state index contributed by atoms with van der Waals surface area (Å²) in [5, 5.41) is 4.17. The number of aromatic amines is 1. The second kappa shape index (κ2) is 6.48. The number of pyridine rings is 1. The highest BCUT2D eigenvalue weighted by Gasteiger charge is 2.08. The van der Waals surface area contributed by atoms with Crippen LogP contribution in [0.3, 0.4) is 0 Å². The van der Waals surface area contributed by atoms with Crippen LogP contribution in [0.4, 0.5) is 0 Å². The molecule has 0 radical (unpaired) electrons. The van der Waals surface area contributed by atoms with Gasteiger partial charge in [-0.05, 0) is 30.9 Å². The number of aryl methyl sites for hydroxylation is 2. The van der Waals surface area contributed by atoms with Crippen LogP contribution in [0.1, 0.15) is 22.7 Å². The van der Waals surface area contributed by atoms with Gasteiger partial charge in [-0.15, -0.1) is 0 Å². The van der Waals surface area contributed by atoms with Crippen LogP contribution >= 0.6 is 0 Å². The lowest BCUT2D eigenvalue weighted by atomic mass is 10.1. The first-order valence-electron chi connectivity index (χ1n) is 7.53. The van der Waals surface area contributed by atoms with E-state index in [0.717, 1.165) is 24.2 Å². The number of carbonyl (C=O) groups is 1. The van der Waals surface area contributed by atoms with Crippen molar-refractivity contribution in [1.29, 1.82) is 0 Å². The number of hydrogen-bond acceptors (Lipinski definition) is 3. The number of amides is 1. The Bertz CT molecular complexity index is 895. The normalized spacial score (nSPS) is 10.8. The quantitative estimate of drug-likeness (QED) is 0.706. The molecule has 0 saturated carbocycles. The zero-order chi connectivity index (χ0) is 16.2. The Morgan fingerprint density at radius 3 is 2.96 bits per heavy atom. The molecule has 6 nitrogen and oxygen atoms in total. The van der Waals surface area contributed by atoms with Crippen molar-refractivity contribution in [3.63, 3.8) is 0 Å². The van der Waals surface area contributed by atoms with Gasteiger partial charge in [-0.25, -0.2) is 4.98 Å². The molecule has 6 heteroatoms. The van der Waals surface area contributed by atoms with Crippen molar-refractivity contribution in [1.82, 2.24) is 19.9 Å². The van der Waals surface area contributed by atoms with Gasteiger partial charge in [-0.1, -0.05) is 18.2 Å². The monoisotopic (exact) mass is 310 g/mol. The molecule has 3 aromatic rings. The van der Waals surface area contributed by atoms with Crippen LogP contribution in [-0.4, -0.2) is 27.0 Å². The number of benzene rings is 1. The van der Waals surface area contributed by atoms with Gasteiger partial charge in [0.1, 0.15) is 11.5 Å². The summed E-state index contributed by atoms with van der Waals surface area (Å²) >= 11 is 0. The SMILES string of the molecule is Cc1nccn1CCCNC(=O)c1cc2ccccc2c(=O)[nH]1. The lowest BCUT2D eigenvalue weighted by Gasteiger charge is -2.07. The van der Waals surface area contributed by atoms with Gasteiger partial charge >= 0.3 is 0 Å². The van der Waals surface area contributed by atoms with Crippen LogP contribution in [0.2, 0.25) is 0 Å². The molecule has 0 spiro atoms. The number of fused-ring (bicyclic) bond motifs is 1. The molecule has 1 aromatic carbocycles. The fourth-order valence-electron chi connectivity index (χ4n) is 2.52. The molecule has 0 aliphatic rings. The molecule has 0 atom stereocenters. The summed E-state index contributed by atoms with van der Waals surface area (Å²) < 4.78 is 2.03. The summed E-state index contributed by atoms with van der Waals surface area (Å²) in [6, 6.07) is 8.91. The van der Waals surface area contributed by atoms with Gasteiger partial charge in [0.05, 0.1) is 0 Å². The summed E-state index contributed by atoms with van der Waals surface area (Å²) in [6.07, 6.45) is 4.46. The average molecular weight is 310 g/mol. The smallest absolute Gasteiger partial charge is 0.267 e. The minimum absolute atomic E-state index is 0.248. The Morgan fingerprint density at radius 2 is 2.17 bits per heavy atom. The third kappa shape index (κ3) is 3.31. The molecular formula is C17H18N4O2. The van der Waals surface area contributed by atoms with Crippen molar-refractivity contribution < 1.29 is 4.79 Å². The molecule has 0 aliphatic carbocycles. The third-order valence-electron chi connectivity index (χ3n) is 3.78. The fraction of sp³-hybridized carbons (Fsp3) is 0.235. The fourth-order valence-corrected chi connectivity index (χ4v) is 2.52. The van der Waals surface area contributed by atoms with Crippen molar-refractivity contribution in [3.8, 4) is 0 Å². The molecule has 23 heavy (non-hydrogen) atoms. The molecule has 0 aliphatic heterocycles. The van der Waals surface area contributed by atoms with E-state index in [9.17, 15) is 9.59 Å². The van der Waals surface area contributed by atoms with E-state index < -0.39 is 0 Å². The van der Waals surface area contributed by atoms with Crippen LogP contribution in [-0.2, 0) is 6.54 Å². The second-order valence-corrected chi connectivity index (χ2v) is 5.38. The van der Waals surface area contributed by atoms with E-state index in [-0.39, 0.29) is 17.2 Å². The highest BCUT2D eigenvalue weighted by Crippen LogP contribution is 2.09. The molecule has 0 fully saturated rings. The number of carbonyl (C=O) groups excluding carboxylic acids is 1. The van der Waals surface area contributed by atoms with Crippen molar-refractivity contribution in [2.75, 3.05) is 6.54 Å². The van der Waals surface area contributed by atoms with E-state index in [1.807, 2.05) is 29.8 Å². The number of nitrogens with one attached hydrogen (secondary N) is 2. The first-order chi connectivity index (χ1) is 11.1. The van der Waals surface area contributed by atoms with Crippen molar-refractivity contribution in [2.24, 2.45) is 0 Å². The molecule has 2 heterocycles. The molecule has 1 amide bonds. The second-order valence-electron chi connectivity index (χ2n) is 5.38. The predicted molar refractivity (Wildman–Crippen MR) is 88.5 cm³/mol. The van der Waals surface area contributed by atoms with Gasteiger partial charge in [-0.2, -0.15) is 0 Å². The van der Waals surface area contributed by atoms with Crippen LogP contribution in [0.5, 0.6) is 0 Å². The van der Waals surface area contributed by atoms with Gasteiger partial charge in [0, 0.05) is 30.9 Å². The first kappa shape index (κ1) is 15.0. The summed E-state index contributed by atoms with van der Waals surface area (Å²) in [4.78, 5) is 30.9. The number of rotatable bonds is 5. The van der Waals surface area contributed by atoms with E-state index in [1.165, 1.54) is 0 Å². The topological polar surface area (TPSA) is 79.8 Å². The van der Waals surface area contributed by atoms with Gasteiger partial charge in [-0.3, -0.25) is 9.59 Å². The van der Waals surface area contributed by atoms with Gasteiger partial charge < -0.3 is 14.9 Å². The van der Waals surface area contributed by atoms with Crippen LogP contribution in [0.15, 0.2) is 47.5 Å². The highest BCUT2D eigenvalue weighted by atomic mass is 16.2. The Balaban J connectivity index is 1.62. The van der Waals surface area contributed by atoms with Crippen molar-refractivity contribution >= 4 is 16.7 Å². The number of hydrogen-bond donors (Lipinski definition) is 2. The van der Waals surface area contributed by atoms with E-state index in [4.69, 9.17) is 0 Å². The Hall–Kier alpha value is -2.89. The van der Waals surface area contributed by atoms with Crippen LogP contribution < -0.4 is 10.9 Å². The molecule has 2 N–H and O–H groups in total. The Morgan fingerprint density at radius 1 is 1.35 bits per heavy atom. The minimum atomic E-state index is -0.268. The maximum absolute atomic E-state index is 12.2. The van der Waals surface area contributed by atoms with Crippen molar-refractivity contribution in [3.05, 3.63) is 64.6 Å². The average Bonchev–Trinajstić information content (AvgIpc) is 2.96. The maximum atomic E-state index is 12.2. The van der Waals surface area contributed by atoms with Gasteiger partial charge in [0.2, 0.25) is 0 Å². The van der Waals surface area contributed by atoms with E-state index in [0.29, 0.717) is 11.9 Å². The zero-order valence-corrected chi connectivity index (χ0v) is 12.9. The van der Waals surface area contributed by atoms with Gasteiger partial charge in [0.15, 0.2) is 0 Å². The first-order valence-corrected chi connectivity index (χ1v) is 7.53. The number of aromatic nitrogens is 3. The largest absolute Gasteiger partial charge is 0.351 e. The standard InChI is InChI=1S/C17H18N4O2/c1-12-18-8-10-21(12)9-4-7-19-17(23)15-11-13-5-2-3-6-14(13)16(22)20-15/h2-3,5-6,8,10-11H,4,7,9H2,1H3,(H,19,23)(H,20,22). The summed E-state index contributed by atoms with van der Waals surface area (Å²) in [5.74, 6) is 0.686.